The molecule has 0 bridgehead atoms. The van der Waals surface area contributed by atoms with Gasteiger partial charge in [0, 0.05) is 44.2 Å². The van der Waals surface area contributed by atoms with Crippen LogP contribution in [0.15, 0.2) is 24.4 Å². The average molecular weight is 392 g/mol. The lowest BCUT2D eigenvalue weighted by molar-refractivity contribution is -0.0767. The van der Waals surface area contributed by atoms with Crippen LogP contribution in [-0.4, -0.2) is 47.8 Å². The number of ether oxygens (including phenoxy) is 3. The number of rotatable bonds is 4. The van der Waals surface area contributed by atoms with Gasteiger partial charge in [-0.2, -0.15) is 5.10 Å². The fourth-order valence-electron chi connectivity index (χ4n) is 3.81. The van der Waals surface area contributed by atoms with Gasteiger partial charge in [-0.3, -0.25) is 4.68 Å². The first-order valence-corrected chi connectivity index (χ1v) is 9.40. The number of nitrogens with zero attached hydrogens (tertiary/aromatic N) is 2. The molecule has 2 saturated heterocycles. The van der Waals surface area contributed by atoms with Crippen LogP contribution < -0.4 is 0 Å². The predicted molar refractivity (Wildman–Crippen MR) is 95.7 cm³/mol. The number of benzene rings is 1. The highest BCUT2D eigenvalue weighted by molar-refractivity contribution is 5.96. The van der Waals surface area contributed by atoms with Crippen LogP contribution in [0.2, 0.25) is 0 Å². The standard InChI is InChI=1S/C20H22F2N2O4/c1-24-10-16(19(23-24)15-8-13(21)2-3-17(15)22)20(25)28-14-5-7-27-18(9-14)12-4-6-26-11-12/h2-3,8,10,12,14,18H,4-7,9,11H2,1H3. The molecule has 0 amide bonds. The molecule has 2 fully saturated rings. The highest BCUT2D eigenvalue weighted by Crippen LogP contribution is 2.30. The van der Waals surface area contributed by atoms with Crippen molar-refractivity contribution in [2.24, 2.45) is 13.0 Å². The summed E-state index contributed by atoms with van der Waals surface area (Å²) in [5.74, 6) is -1.54. The summed E-state index contributed by atoms with van der Waals surface area (Å²) >= 11 is 0. The molecule has 2 aromatic rings. The second kappa shape index (κ2) is 7.97. The van der Waals surface area contributed by atoms with Crippen LogP contribution in [0.5, 0.6) is 0 Å². The fourth-order valence-corrected chi connectivity index (χ4v) is 3.81. The molecule has 3 heterocycles. The number of carbonyl (C=O) groups excluding carboxylic acids is 1. The molecule has 2 aliphatic heterocycles. The largest absolute Gasteiger partial charge is 0.458 e. The number of hydrogen-bond acceptors (Lipinski definition) is 5. The van der Waals surface area contributed by atoms with Crippen molar-refractivity contribution in [1.82, 2.24) is 9.78 Å². The molecule has 3 atom stereocenters. The van der Waals surface area contributed by atoms with E-state index in [1.165, 1.54) is 10.9 Å². The minimum absolute atomic E-state index is 0.00285. The van der Waals surface area contributed by atoms with Gasteiger partial charge in [0.15, 0.2) is 0 Å². The Kier molecular flexibility index (Phi) is 5.41. The normalized spacial score (nSPS) is 25.0. The van der Waals surface area contributed by atoms with Gasteiger partial charge >= 0.3 is 5.97 Å². The van der Waals surface area contributed by atoms with E-state index in [-0.39, 0.29) is 29.0 Å². The van der Waals surface area contributed by atoms with E-state index in [1.807, 2.05) is 0 Å². The zero-order chi connectivity index (χ0) is 19.7. The summed E-state index contributed by atoms with van der Waals surface area (Å²) in [4.78, 5) is 12.8. The number of halogens is 2. The van der Waals surface area contributed by atoms with Gasteiger partial charge in [0.1, 0.15) is 29.0 Å². The Hall–Kier alpha value is -2.32. The number of aryl methyl sites for hydroxylation is 1. The Morgan fingerprint density at radius 3 is 2.93 bits per heavy atom. The molecule has 0 saturated carbocycles. The van der Waals surface area contributed by atoms with Gasteiger partial charge < -0.3 is 14.2 Å². The van der Waals surface area contributed by atoms with E-state index in [9.17, 15) is 13.6 Å². The van der Waals surface area contributed by atoms with Crippen LogP contribution in [0.1, 0.15) is 29.6 Å². The highest BCUT2D eigenvalue weighted by Gasteiger charge is 2.34. The summed E-state index contributed by atoms with van der Waals surface area (Å²) < 4.78 is 46.1. The van der Waals surface area contributed by atoms with Crippen molar-refractivity contribution in [3.8, 4) is 11.3 Å². The second-order valence-electron chi connectivity index (χ2n) is 7.27. The van der Waals surface area contributed by atoms with E-state index in [0.717, 1.165) is 31.2 Å². The van der Waals surface area contributed by atoms with E-state index < -0.39 is 17.6 Å². The zero-order valence-electron chi connectivity index (χ0n) is 15.6. The van der Waals surface area contributed by atoms with Crippen molar-refractivity contribution >= 4 is 5.97 Å². The van der Waals surface area contributed by atoms with E-state index in [2.05, 4.69) is 5.10 Å². The Morgan fingerprint density at radius 2 is 2.14 bits per heavy atom. The maximum Gasteiger partial charge on any atom is 0.342 e. The molecular formula is C20H22F2N2O4. The molecule has 6 nitrogen and oxygen atoms in total. The lowest BCUT2D eigenvalue weighted by Gasteiger charge is -2.32. The number of aromatic nitrogens is 2. The van der Waals surface area contributed by atoms with E-state index in [1.54, 1.807) is 7.05 Å². The third-order valence-corrected chi connectivity index (χ3v) is 5.26. The minimum Gasteiger partial charge on any atom is -0.458 e. The molecule has 150 valence electrons. The smallest absolute Gasteiger partial charge is 0.342 e. The monoisotopic (exact) mass is 392 g/mol. The molecule has 0 radical (unpaired) electrons. The molecule has 1 aromatic carbocycles. The lowest BCUT2D eigenvalue weighted by atomic mass is 9.93. The van der Waals surface area contributed by atoms with Gasteiger partial charge in [-0.1, -0.05) is 0 Å². The molecular weight excluding hydrogens is 370 g/mol. The maximum absolute atomic E-state index is 14.2. The first-order valence-electron chi connectivity index (χ1n) is 9.40. The number of esters is 1. The average Bonchev–Trinajstić information content (AvgIpc) is 3.34. The van der Waals surface area contributed by atoms with Crippen molar-refractivity contribution in [2.45, 2.75) is 31.5 Å². The summed E-state index contributed by atoms with van der Waals surface area (Å²) in [5.41, 5.74) is 0.108. The van der Waals surface area contributed by atoms with E-state index in [4.69, 9.17) is 14.2 Å². The summed E-state index contributed by atoms with van der Waals surface area (Å²) in [5, 5.41) is 4.14. The molecule has 4 rings (SSSR count). The zero-order valence-corrected chi connectivity index (χ0v) is 15.6. The van der Waals surface area contributed by atoms with Gasteiger partial charge in [-0.25, -0.2) is 13.6 Å². The highest BCUT2D eigenvalue weighted by atomic mass is 19.1. The first kappa shape index (κ1) is 19.0. The number of carbonyl (C=O) groups is 1. The Bertz CT molecular complexity index is 864. The topological polar surface area (TPSA) is 62.6 Å². The lowest BCUT2D eigenvalue weighted by Crippen LogP contribution is -2.37. The van der Waals surface area contributed by atoms with Gasteiger partial charge in [0.05, 0.1) is 19.3 Å². The van der Waals surface area contributed by atoms with E-state index in [0.29, 0.717) is 32.0 Å². The van der Waals surface area contributed by atoms with E-state index >= 15 is 0 Å². The van der Waals surface area contributed by atoms with Crippen molar-refractivity contribution in [3.63, 3.8) is 0 Å². The fraction of sp³-hybridized carbons (Fsp3) is 0.500. The molecule has 3 unspecified atom stereocenters. The maximum atomic E-state index is 14.2. The molecule has 2 aliphatic rings. The first-order chi connectivity index (χ1) is 13.5. The second-order valence-corrected chi connectivity index (χ2v) is 7.27. The minimum atomic E-state index is -0.651. The van der Waals surface area contributed by atoms with Crippen molar-refractivity contribution in [1.29, 1.82) is 0 Å². The molecule has 28 heavy (non-hydrogen) atoms. The quantitative estimate of drug-likeness (QED) is 0.749. The molecule has 0 aliphatic carbocycles. The molecule has 8 heteroatoms. The summed E-state index contributed by atoms with van der Waals surface area (Å²) in [7, 11) is 1.61. The van der Waals surface area contributed by atoms with Crippen LogP contribution in [0, 0.1) is 17.6 Å². The van der Waals surface area contributed by atoms with Crippen molar-refractivity contribution in [2.75, 3.05) is 19.8 Å². The summed E-state index contributed by atoms with van der Waals surface area (Å²) in [6.45, 7) is 1.90. The van der Waals surface area contributed by atoms with Gasteiger partial charge in [-0.15, -0.1) is 0 Å². The predicted octanol–water partition coefficient (Wildman–Crippen LogP) is 3.11. The summed E-state index contributed by atoms with van der Waals surface area (Å²) in [6.07, 6.45) is 3.31. The number of hydrogen-bond donors (Lipinski definition) is 0. The third-order valence-electron chi connectivity index (χ3n) is 5.26. The van der Waals surface area contributed by atoms with Gasteiger partial charge in [-0.05, 0) is 24.6 Å². The molecule has 0 N–H and O–H groups in total. The Morgan fingerprint density at radius 1 is 1.29 bits per heavy atom. The SMILES string of the molecule is Cn1cc(C(=O)OC2CCOC(C3CCOC3)C2)c(-c2cc(F)ccc2F)n1. The third kappa shape index (κ3) is 3.93. The van der Waals surface area contributed by atoms with Gasteiger partial charge in [0.2, 0.25) is 0 Å². The van der Waals surface area contributed by atoms with Crippen molar-refractivity contribution < 1.29 is 27.8 Å². The van der Waals surface area contributed by atoms with Crippen LogP contribution in [0.4, 0.5) is 8.78 Å². The van der Waals surface area contributed by atoms with Gasteiger partial charge in [0.25, 0.3) is 0 Å². The van der Waals surface area contributed by atoms with Crippen molar-refractivity contribution in [3.05, 3.63) is 41.6 Å². The summed E-state index contributed by atoms with van der Waals surface area (Å²) in [6, 6.07) is 3.06. The van der Waals surface area contributed by atoms with Crippen LogP contribution >= 0.6 is 0 Å². The van der Waals surface area contributed by atoms with Crippen LogP contribution in [0.3, 0.4) is 0 Å². The molecule has 1 aromatic heterocycles. The van der Waals surface area contributed by atoms with Crippen LogP contribution in [-0.2, 0) is 21.3 Å². The Balaban J connectivity index is 1.51. The van der Waals surface area contributed by atoms with Crippen LogP contribution in [0.25, 0.3) is 11.3 Å². The Labute approximate surface area is 161 Å². The molecule has 0 spiro atoms.